The number of aliphatic hydroxyl groups is 1. The van der Waals surface area contributed by atoms with Crippen molar-refractivity contribution in [1.82, 2.24) is 9.80 Å². The van der Waals surface area contributed by atoms with Gasteiger partial charge < -0.3 is 40.2 Å². The Morgan fingerprint density at radius 2 is 1.51 bits per heavy atom. The number of alkyl halides is 2. The fourth-order valence-corrected chi connectivity index (χ4v) is 6.85. The van der Waals surface area contributed by atoms with Gasteiger partial charge in [-0.25, -0.2) is 0 Å². The molecular formula is C21H36Cl2N4O8P2. The second-order valence-corrected chi connectivity index (χ2v) is 13.7. The number of carbonyl (C=O) groups is 1. The van der Waals surface area contributed by atoms with Gasteiger partial charge in [0.15, 0.2) is 0 Å². The number of hydrogen-bond donors (Lipinski definition) is 6. The molecule has 1 aromatic rings. The fraction of sp³-hybridized carbons (Fsp3) is 0.667. The smallest absolute Gasteiger partial charge is 0.369 e. The van der Waals surface area contributed by atoms with E-state index in [2.05, 4.69) is 4.90 Å². The molecule has 1 aliphatic heterocycles. The van der Waals surface area contributed by atoms with Gasteiger partial charge in [-0.1, -0.05) is 12.1 Å². The van der Waals surface area contributed by atoms with Crippen molar-refractivity contribution in [1.29, 1.82) is 0 Å². The van der Waals surface area contributed by atoms with Gasteiger partial charge in [-0.15, -0.1) is 23.2 Å². The third kappa shape index (κ3) is 8.88. The number of nitrogens with two attached hydrogens (primary N) is 1. The van der Waals surface area contributed by atoms with Crippen LogP contribution in [0, 0.1) is 0 Å². The maximum atomic E-state index is 12.9. The SMILES string of the molecule is N[C@@H](Cc1ccc(N(CCCl)CCCl)cc1)C(=O)N1CCN(CCCC(O)(P(=O)(O)O)P(=O)(O)O)CC1. The average Bonchev–Trinajstić information content (AvgIpc) is 2.83. The number of hydrogen-bond acceptors (Lipinski definition) is 7. The lowest BCUT2D eigenvalue weighted by Gasteiger charge is -2.36. The molecule has 1 saturated heterocycles. The summed E-state index contributed by atoms with van der Waals surface area (Å²) in [7, 11) is -10.9. The summed E-state index contributed by atoms with van der Waals surface area (Å²) in [5.41, 5.74) is 8.10. The summed E-state index contributed by atoms with van der Waals surface area (Å²) in [5, 5.41) is 6.57. The predicted octanol–water partition coefficient (Wildman–Crippen LogP) is 0.766. The van der Waals surface area contributed by atoms with Gasteiger partial charge in [0.05, 0.1) is 6.04 Å². The van der Waals surface area contributed by atoms with Crippen molar-refractivity contribution in [3.05, 3.63) is 29.8 Å². The van der Waals surface area contributed by atoms with Gasteiger partial charge >= 0.3 is 15.2 Å². The molecule has 12 nitrogen and oxygen atoms in total. The number of piperazine rings is 1. The van der Waals surface area contributed by atoms with E-state index in [0.29, 0.717) is 57.4 Å². The molecule has 0 unspecified atom stereocenters. The van der Waals surface area contributed by atoms with E-state index in [1.54, 1.807) is 4.90 Å². The molecule has 0 spiro atoms. The zero-order valence-electron chi connectivity index (χ0n) is 20.4. The van der Waals surface area contributed by atoms with Gasteiger partial charge in [-0.05, 0) is 37.1 Å². The first kappa shape index (κ1) is 32.5. The second kappa shape index (κ2) is 14.1. The third-order valence-electron chi connectivity index (χ3n) is 6.39. The highest BCUT2D eigenvalue weighted by Crippen LogP contribution is 2.69. The molecule has 0 saturated carbocycles. The number of amides is 1. The van der Waals surface area contributed by atoms with E-state index in [1.165, 1.54) is 0 Å². The number of nitrogens with zero attached hydrogens (tertiary/aromatic N) is 3. The van der Waals surface area contributed by atoms with Gasteiger partial charge in [-0.2, -0.15) is 0 Å². The minimum Gasteiger partial charge on any atom is -0.369 e. The molecule has 1 aliphatic rings. The number of rotatable bonds is 14. The summed E-state index contributed by atoms with van der Waals surface area (Å²) >= 11 is 11.7. The van der Waals surface area contributed by atoms with Crippen molar-refractivity contribution in [3.8, 4) is 0 Å². The van der Waals surface area contributed by atoms with Crippen LogP contribution in [0.2, 0.25) is 0 Å². The first-order valence-corrected chi connectivity index (χ1v) is 16.1. The van der Waals surface area contributed by atoms with Crippen LogP contribution in [0.5, 0.6) is 0 Å². The average molecular weight is 605 g/mol. The maximum Gasteiger partial charge on any atom is 0.369 e. The van der Waals surface area contributed by atoms with Crippen molar-refractivity contribution in [2.75, 3.05) is 62.5 Å². The van der Waals surface area contributed by atoms with E-state index >= 15 is 0 Å². The highest BCUT2D eigenvalue weighted by Gasteiger charge is 2.58. The van der Waals surface area contributed by atoms with Crippen LogP contribution in [0.15, 0.2) is 24.3 Å². The lowest BCUT2D eigenvalue weighted by Crippen LogP contribution is -2.53. The molecule has 0 aliphatic carbocycles. The van der Waals surface area contributed by atoms with Crippen molar-refractivity contribution in [2.24, 2.45) is 5.73 Å². The van der Waals surface area contributed by atoms with E-state index in [9.17, 15) is 38.6 Å². The number of carbonyl (C=O) groups excluding carboxylic acids is 1. The molecule has 16 heteroatoms. The predicted molar refractivity (Wildman–Crippen MR) is 143 cm³/mol. The van der Waals surface area contributed by atoms with Crippen LogP contribution in [0.4, 0.5) is 5.69 Å². The van der Waals surface area contributed by atoms with Crippen LogP contribution >= 0.6 is 38.4 Å². The fourth-order valence-electron chi connectivity index (χ4n) is 4.19. The molecular weight excluding hydrogens is 569 g/mol. The molecule has 212 valence electrons. The quantitative estimate of drug-likeness (QED) is 0.130. The Bertz CT molecular complexity index is 942. The van der Waals surface area contributed by atoms with Crippen LogP contribution in [0.3, 0.4) is 0 Å². The summed E-state index contributed by atoms with van der Waals surface area (Å²) in [6.07, 6.45) is -0.447. The molecule has 1 aromatic carbocycles. The highest BCUT2D eigenvalue weighted by atomic mass is 35.5. The minimum atomic E-state index is -5.46. The van der Waals surface area contributed by atoms with Crippen molar-refractivity contribution >= 4 is 50.0 Å². The monoisotopic (exact) mass is 604 g/mol. The lowest BCUT2D eigenvalue weighted by molar-refractivity contribution is -0.134. The molecule has 7 N–H and O–H groups in total. The third-order valence-corrected chi connectivity index (χ3v) is 10.6. The molecule has 2 rings (SSSR count). The molecule has 1 amide bonds. The molecule has 1 heterocycles. The molecule has 0 bridgehead atoms. The zero-order chi connectivity index (χ0) is 27.9. The topological polar surface area (TPSA) is 188 Å². The standard InChI is InChI=1S/C21H36Cl2N4O8P2/c22-7-10-26(11-8-23)18-4-2-17(3-5-18)16-19(24)20(28)27-14-12-25(13-15-27)9-1-6-21(29,36(30,31)32)37(33,34)35/h2-5,19,29H,1,6-16,24H2,(H2,30,31,32)(H2,33,34,35)/t19-/m0/s1. The Hall–Kier alpha value is -0.750. The zero-order valence-corrected chi connectivity index (χ0v) is 23.7. The van der Waals surface area contributed by atoms with E-state index in [4.69, 9.17) is 28.9 Å². The Balaban J connectivity index is 1.83. The second-order valence-electron chi connectivity index (χ2n) is 8.97. The Labute approximate surface area is 226 Å². The number of halogens is 2. The van der Waals surface area contributed by atoms with Crippen LogP contribution in [-0.4, -0.2) is 109 Å². The van der Waals surface area contributed by atoms with Crippen LogP contribution < -0.4 is 10.6 Å². The molecule has 1 atom stereocenters. The number of anilines is 1. The van der Waals surface area contributed by atoms with Crippen molar-refractivity contribution in [2.45, 2.75) is 30.4 Å². The van der Waals surface area contributed by atoms with Crippen LogP contribution in [0.25, 0.3) is 0 Å². The summed E-state index contributed by atoms with van der Waals surface area (Å²) in [6, 6.07) is 7.02. The van der Waals surface area contributed by atoms with Gasteiger partial charge in [-0.3, -0.25) is 18.8 Å². The van der Waals surface area contributed by atoms with Gasteiger partial charge in [0.25, 0.3) is 5.08 Å². The summed E-state index contributed by atoms with van der Waals surface area (Å²) < 4.78 is 22.9. The Kier molecular flexibility index (Phi) is 12.3. The Morgan fingerprint density at radius 1 is 1.00 bits per heavy atom. The van der Waals surface area contributed by atoms with Crippen LogP contribution in [0.1, 0.15) is 18.4 Å². The Morgan fingerprint density at radius 3 is 1.97 bits per heavy atom. The first-order chi connectivity index (χ1) is 17.2. The molecule has 0 aromatic heterocycles. The van der Waals surface area contributed by atoms with E-state index in [0.717, 1.165) is 11.3 Å². The maximum absolute atomic E-state index is 12.9. The van der Waals surface area contributed by atoms with Crippen molar-refractivity contribution < 1.29 is 38.6 Å². The van der Waals surface area contributed by atoms with Crippen molar-refractivity contribution in [3.63, 3.8) is 0 Å². The number of benzene rings is 1. The summed E-state index contributed by atoms with van der Waals surface area (Å²) in [4.78, 5) is 55.4. The lowest BCUT2D eigenvalue weighted by atomic mass is 10.0. The highest BCUT2D eigenvalue weighted by molar-refractivity contribution is 7.72. The normalized spacial score (nSPS) is 16.6. The van der Waals surface area contributed by atoms with Gasteiger partial charge in [0.1, 0.15) is 0 Å². The van der Waals surface area contributed by atoms with E-state index < -0.39 is 32.7 Å². The molecule has 0 radical (unpaired) electrons. The first-order valence-electron chi connectivity index (χ1n) is 11.8. The summed E-state index contributed by atoms with van der Waals surface area (Å²) in [6.45, 7) is 3.27. The van der Waals surface area contributed by atoms with Gasteiger partial charge in [0.2, 0.25) is 5.91 Å². The molecule has 37 heavy (non-hydrogen) atoms. The van der Waals surface area contributed by atoms with E-state index in [-0.39, 0.29) is 18.9 Å². The molecule has 1 fully saturated rings. The largest absolute Gasteiger partial charge is 0.369 e. The van der Waals surface area contributed by atoms with E-state index in [1.807, 2.05) is 29.2 Å². The van der Waals surface area contributed by atoms with Gasteiger partial charge in [0, 0.05) is 63.1 Å². The van der Waals surface area contributed by atoms with Crippen LogP contribution in [-0.2, 0) is 20.3 Å². The minimum absolute atomic E-state index is 0.0522. The summed E-state index contributed by atoms with van der Waals surface area (Å²) in [5.74, 6) is 0.773.